The number of rotatable bonds is 11. The average Bonchev–Trinajstić information content (AvgIpc) is 3.24. The Morgan fingerprint density at radius 3 is 2.50 bits per heavy atom. The normalized spacial score (nSPS) is 13.6. The van der Waals surface area contributed by atoms with Crippen LogP contribution in [-0.4, -0.2) is 40.4 Å². The Morgan fingerprint density at radius 2 is 1.82 bits per heavy atom. The minimum atomic E-state index is -0.204. The molecular weight excluding hydrogens is 502 g/mol. The van der Waals surface area contributed by atoms with Crippen LogP contribution in [-0.2, 0) is 22.5 Å². The lowest BCUT2D eigenvalue weighted by atomic mass is 9.89. The van der Waals surface area contributed by atoms with Gasteiger partial charge in [-0.15, -0.1) is 12.4 Å². The van der Waals surface area contributed by atoms with Crippen LogP contribution in [0.5, 0.6) is 0 Å². The molecule has 1 heterocycles. The van der Waals surface area contributed by atoms with Crippen molar-refractivity contribution in [2.24, 2.45) is 11.7 Å². The summed E-state index contributed by atoms with van der Waals surface area (Å²) in [7, 11) is 0. The highest BCUT2D eigenvalue weighted by Crippen LogP contribution is 2.24. The summed E-state index contributed by atoms with van der Waals surface area (Å²) < 4.78 is 7.20. The van der Waals surface area contributed by atoms with E-state index in [1.807, 2.05) is 42.5 Å². The molecule has 1 aliphatic carbocycles. The monoisotopic (exact) mass is 539 g/mol. The Kier molecular flexibility index (Phi) is 10.7. The molecule has 4 rings (SSSR count). The number of amides is 1. The molecule has 0 unspecified atom stereocenters. The van der Waals surface area contributed by atoms with Crippen LogP contribution in [0.15, 0.2) is 42.5 Å². The maximum absolute atomic E-state index is 12.9. The number of hydrogen-bond acceptors (Lipinski definition) is 5. The number of benzene rings is 2. The van der Waals surface area contributed by atoms with Gasteiger partial charge in [-0.3, -0.25) is 15.0 Å². The number of esters is 1. The number of aryl methyl sites for hydroxylation is 1. The molecule has 2 aromatic carbocycles. The minimum Gasteiger partial charge on any atom is -0.466 e. The number of nitrogens with one attached hydrogen (secondary N) is 2. The second kappa shape index (κ2) is 14.0. The van der Waals surface area contributed by atoms with Gasteiger partial charge < -0.3 is 20.4 Å². The summed E-state index contributed by atoms with van der Waals surface area (Å²) in [6, 6.07) is 13.2. The molecule has 9 heteroatoms. The maximum atomic E-state index is 12.9. The van der Waals surface area contributed by atoms with Gasteiger partial charge in [-0.05, 0) is 55.9 Å². The zero-order valence-corrected chi connectivity index (χ0v) is 22.8. The van der Waals surface area contributed by atoms with E-state index in [0.717, 1.165) is 29.0 Å². The van der Waals surface area contributed by atoms with Crippen molar-refractivity contribution in [2.45, 2.75) is 64.8 Å². The highest BCUT2D eigenvalue weighted by atomic mass is 35.5. The molecule has 204 valence electrons. The average molecular weight is 540 g/mol. The highest BCUT2D eigenvalue weighted by Gasteiger charge is 2.17. The van der Waals surface area contributed by atoms with Crippen molar-refractivity contribution in [3.63, 3.8) is 0 Å². The molecule has 0 aliphatic heterocycles. The number of nitrogens with two attached hydrogens (primary N) is 1. The van der Waals surface area contributed by atoms with Crippen LogP contribution in [0.2, 0.25) is 0 Å². The molecule has 1 aromatic heterocycles. The molecular formula is C29H38ClN5O3. The van der Waals surface area contributed by atoms with Crippen LogP contribution in [0.3, 0.4) is 0 Å². The van der Waals surface area contributed by atoms with Crippen molar-refractivity contribution >= 4 is 41.2 Å². The summed E-state index contributed by atoms with van der Waals surface area (Å²) in [5.41, 5.74) is 9.61. The molecule has 0 bridgehead atoms. The first-order valence-electron chi connectivity index (χ1n) is 13.3. The smallest absolute Gasteiger partial charge is 0.305 e. The van der Waals surface area contributed by atoms with Crippen molar-refractivity contribution in [3.05, 3.63) is 65.0 Å². The van der Waals surface area contributed by atoms with Crippen molar-refractivity contribution in [3.8, 4) is 0 Å². The van der Waals surface area contributed by atoms with Gasteiger partial charge in [0.25, 0.3) is 5.91 Å². The summed E-state index contributed by atoms with van der Waals surface area (Å²) in [5, 5.41) is 10.7. The topological polar surface area (TPSA) is 123 Å². The van der Waals surface area contributed by atoms with Crippen molar-refractivity contribution < 1.29 is 14.3 Å². The molecule has 1 saturated carbocycles. The number of halogens is 1. The second-order valence-electron chi connectivity index (χ2n) is 9.79. The summed E-state index contributed by atoms with van der Waals surface area (Å²) in [4.78, 5) is 29.7. The van der Waals surface area contributed by atoms with Crippen LogP contribution in [0.1, 0.15) is 79.2 Å². The van der Waals surface area contributed by atoms with Gasteiger partial charge in [0.05, 0.1) is 17.6 Å². The lowest BCUT2D eigenvalue weighted by Crippen LogP contribution is -2.30. The van der Waals surface area contributed by atoms with Crippen LogP contribution in [0.25, 0.3) is 11.0 Å². The molecule has 0 saturated heterocycles. The van der Waals surface area contributed by atoms with Crippen molar-refractivity contribution in [1.29, 1.82) is 5.41 Å². The predicted molar refractivity (Wildman–Crippen MR) is 152 cm³/mol. The summed E-state index contributed by atoms with van der Waals surface area (Å²) in [6.07, 6.45) is 7.72. The van der Waals surface area contributed by atoms with E-state index in [-0.39, 0.29) is 30.1 Å². The van der Waals surface area contributed by atoms with Crippen molar-refractivity contribution in [1.82, 2.24) is 14.9 Å². The standard InChI is InChI=1S/C29H37N5O3.ClH/c1-2-37-27(35)9-6-16-34-25-15-14-23(29(36)32-19-21-7-4-3-5-8-21)18-24(25)33-26(34)17-20-10-12-22(13-11-20)28(30)31;/h10-15,18,21H,2-9,16-17,19H2,1H3,(H3,30,31)(H,32,36);1H. The number of fused-ring (bicyclic) bond motifs is 1. The zero-order valence-electron chi connectivity index (χ0n) is 22.0. The van der Waals surface area contributed by atoms with E-state index in [4.69, 9.17) is 20.9 Å². The van der Waals surface area contributed by atoms with Crippen molar-refractivity contribution in [2.75, 3.05) is 13.2 Å². The Hall–Kier alpha value is -3.39. The Balaban J connectivity index is 0.00000400. The molecule has 8 nitrogen and oxygen atoms in total. The van der Waals surface area contributed by atoms with Gasteiger partial charge in [-0.25, -0.2) is 4.98 Å². The van der Waals surface area contributed by atoms with E-state index < -0.39 is 0 Å². The van der Waals surface area contributed by atoms with Crippen LogP contribution in [0, 0.1) is 11.3 Å². The van der Waals surface area contributed by atoms with Crippen LogP contribution >= 0.6 is 12.4 Å². The van der Waals surface area contributed by atoms with Gasteiger partial charge in [-0.2, -0.15) is 0 Å². The molecule has 0 spiro atoms. The van der Waals surface area contributed by atoms with E-state index in [9.17, 15) is 9.59 Å². The molecule has 0 atom stereocenters. The van der Waals surface area contributed by atoms with E-state index in [1.54, 1.807) is 6.92 Å². The van der Waals surface area contributed by atoms with E-state index in [0.29, 0.717) is 49.5 Å². The number of ether oxygens (including phenoxy) is 1. The highest BCUT2D eigenvalue weighted by molar-refractivity contribution is 5.97. The Labute approximate surface area is 230 Å². The van der Waals surface area contributed by atoms with Gasteiger partial charge >= 0.3 is 5.97 Å². The summed E-state index contributed by atoms with van der Waals surface area (Å²) in [6.45, 7) is 3.52. The fourth-order valence-electron chi connectivity index (χ4n) is 5.04. The first kappa shape index (κ1) is 29.2. The van der Waals surface area contributed by atoms with E-state index >= 15 is 0 Å². The Morgan fingerprint density at radius 1 is 1.11 bits per heavy atom. The predicted octanol–water partition coefficient (Wildman–Crippen LogP) is 4.99. The van der Waals surface area contributed by atoms with Crippen LogP contribution in [0.4, 0.5) is 0 Å². The number of nitrogens with zero attached hydrogens (tertiary/aromatic N) is 2. The number of amidine groups is 1. The third-order valence-corrected chi connectivity index (χ3v) is 7.06. The molecule has 3 aromatic rings. The number of carbonyl (C=O) groups is 2. The summed E-state index contributed by atoms with van der Waals surface area (Å²) >= 11 is 0. The van der Waals surface area contributed by atoms with Gasteiger partial charge in [0, 0.05) is 37.1 Å². The molecule has 4 N–H and O–H groups in total. The number of hydrogen-bond donors (Lipinski definition) is 3. The van der Waals surface area contributed by atoms with Gasteiger partial charge in [0.1, 0.15) is 11.7 Å². The van der Waals surface area contributed by atoms with Gasteiger partial charge in [0.2, 0.25) is 0 Å². The SMILES string of the molecule is CCOC(=O)CCCn1c(Cc2ccc(C(=N)N)cc2)nc2cc(C(=O)NCC3CCCCC3)ccc21.Cl. The third kappa shape index (κ3) is 7.57. The fourth-order valence-corrected chi connectivity index (χ4v) is 5.04. The number of aromatic nitrogens is 2. The number of nitrogen functional groups attached to an aromatic ring is 1. The maximum Gasteiger partial charge on any atom is 0.305 e. The number of imidazole rings is 1. The largest absolute Gasteiger partial charge is 0.466 e. The molecule has 38 heavy (non-hydrogen) atoms. The van der Waals surface area contributed by atoms with Crippen LogP contribution < -0.4 is 11.1 Å². The summed E-state index contributed by atoms with van der Waals surface area (Å²) in [5.74, 6) is 1.19. The first-order chi connectivity index (χ1) is 17.9. The minimum absolute atomic E-state index is 0. The van der Waals surface area contributed by atoms with E-state index in [2.05, 4.69) is 9.88 Å². The fraction of sp³-hybridized carbons (Fsp3) is 0.448. The first-order valence-corrected chi connectivity index (χ1v) is 13.3. The van der Waals surface area contributed by atoms with Gasteiger partial charge in [0.15, 0.2) is 0 Å². The lowest BCUT2D eigenvalue weighted by Gasteiger charge is -2.21. The second-order valence-corrected chi connectivity index (χ2v) is 9.79. The Bertz CT molecular complexity index is 1250. The van der Waals surface area contributed by atoms with Gasteiger partial charge in [-0.1, -0.05) is 43.5 Å². The van der Waals surface area contributed by atoms with E-state index in [1.165, 1.54) is 32.1 Å². The lowest BCUT2D eigenvalue weighted by molar-refractivity contribution is -0.143. The number of carbonyl (C=O) groups excluding carboxylic acids is 2. The molecule has 1 fully saturated rings. The third-order valence-electron chi connectivity index (χ3n) is 7.06. The quantitative estimate of drug-likeness (QED) is 0.180. The molecule has 1 amide bonds. The zero-order chi connectivity index (χ0) is 26.2. The molecule has 1 aliphatic rings. The molecule has 0 radical (unpaired) electrons.